The molecule has 0 bridgehead atoms. The summed E-state index contributed by atoms with van der Waals surface area (Å²) in [6.45, 7) is 11.5. The summed E-state index contributed by atoms with van der Waals surface area (Å²) in [4.78, 5) is 25.4. The summed E-state index contributed by atoms with van der Waals surface area (Å²) in [6.07, 6.45) is 11.1. The largest absolute Gasteiger partial charge is 0.494 e. The molecular formula is C32H43NO4. The number of benzene rings is 1. The zero-order chi connectivity index (χ0) is 26.6. The Morgan fingerprint density at radius 3 is 2.49 bits per heavy atom. The fraction of sp³-hybridized carbons (Fsp3) is 0.625. The molecule has 0 heterocycles. The van der Waals surface area contributed by atoms with Crippen LogP contribution in [-0.4, -0.2) is 23.6 Å². The van der Waals surface area contributed by atoms with Crippen molar-refractivity contribution in [2.45, 2.75) is 85.1 Å². The van der Waals surface area contributed by atoms with Crippen molar-refractivity contribution >= 4 is 11.9 Å². The third kappa shape index (κ3) is 4.32. The van der Waals surface area contributed by atoms with Gasteiger partial charge in [-0.3, -0.25) is 4.79 Å². The summed E-state index contributed by atoms with van der Waals surface area (Å²) in [5.41, 5.74) is 2.48. The lowest BCUT2D eigenvalue weighted by atomic mass is 9.48. The number of hydrogen-bond acceptors (Lipinski definition) is 3. The summed E-state index contributed by atoms with van der Waals surface area (Å²) >= 11 is 0. The lowest BCUT2D eigenvalue weighted by Gasteiger charge is -2.57. The topological polar surface area (TPSA) is 75.6 Å². The van der Waals surface area contributed by atoms with Crippen LogP contribution in [0.25, 0.3) is 0 Å². The molecule has 0 saturated heterocycles. The summed E-state index contributed by atoms with van der Waals surface area (Å²) in [5, 5.41) is 12.9. The first-order valence-electron chi connectivity index (χ1n) is 14.2. The maximum atomic E-state index is 13.8. The number of ether oxygens (including phenoxy) is 1. The number of carboxylic acid groups (broad SMARTS) is 1. The Bertz CT molecular complexity index is 1130. The highest BCUT2D eigenvalue weighted by atomic mass is 16.5. The van der Waals surface area contributed by atoms with E-state index in [0.29, 0.717) is 36.4 Å². The van der Waals surface area contributed by atoms with Crippen molar-refractivity contribution in [3.63, 3.8) is 0 Å². The van der Waals surface area contributed by atoms with Crippen LogP contribution in [0.4, 0.5) is 0 Å². The van der Waals surface area contributed by atoms with Gasteiger partial charge < -0.3 is 15.2 Å². The van der Waals surface area contributed by atoms with E-state index in [1.54, 1.807) is 0 Å². The maximum absolute atomic E-state index is 13.8. The maximum Gasteiger partial charge on any atom is 0.331 e. The third-order valence-corrected chi connectivity index (χ3v) is 10.7. The molecule has 6 atom stereocenters. The van der Waals surface area contributed by atoms with E-state index < -0.39 is 11.5 Å². The van der Waals surface area contributed by atoms with Gasteiger partial charge in [0.1, 0.15) is 5.75 Å². The van der Waals surface area contributed by atoms with Crippen molar-refractivity contribution in [1.29, 1.82) is 0 Å². The summed E-state index contributed by atoms with van der Waals surface area (Å²) in [7, 11) is 0. The van der Waals surface area contributed by atoms with Crippen molar-refractivity contribution in [3.8, 4) is 5.75 Å². The summed E-state index contributed by atoms with van der Waals surface area (Å²) < 4.78 is 5.59. The van der Waals surface area contributed by atoms with Crippen LogP contribution in [0.2, 0.25) is 0 Å². The van der Waals surface area contributed by atoms with Gasteiger partial charge in [-0.05, 0) is 124 Å². The predicted octanol–water partition coefficient (Wildman–Crippen LogP) is 6.64. The second-order valence-corrected chi connectivity index (χ2v) is 12.9. The number of aliphatic carboxylic acids is 1. The fourth-order valence-corrected chi connectivity index (χ4v) is 8.53. The lowest BCUT2D eigenvalue weighted by molar-refractivity contribution is -0.133. The van der Waals surface area contributed by atoms with E-state index in [1.807, 2.05) is 25.1 Å². The second-order valence-electron chi connectivity index (χ2n) is 12.9. The molecule has 200 valence electrons. The van der Waals surface area contributed by atoms with Gasteiger partial charge in [0.05, 0.1) is 12.1 Å². The number of carbonyl (C=O) groups excluding carboxylic acids is 1. The molecule has 5 nitrogen and oxygen atoms in total. The van der Waals surface area contributed by atoms with Gasteiger partial charge in [-0.1, -0.05) is 32.1 Å². The van der Waals surface area contributed by atoms with Crippen molar-refractivity contribution in [3.05, 3.63) is 53.1 Å². The van der Waals surface area contributed by atoms with E-state index >= 15 is 0 Å². The Hall–Kier alpha value is -2.56. The quantitative estimate of drug-likeness (QED) is 0.455. The fourth-order valence-electron chi connectivity index (χ4n) is 8.53. The molecule has 0 radical (unpaired) electrons. The SMILES string of the molecule is CCOc1ccc(C(C)(C)NC(=O)[C@H]2CC[C@H]3[C@@H]4CC=C5C=C(C(=O)O)CC[C@]5(C)[C@H]4CC[C@]23C)cc1. The van der Waals surface area contributed by atoms with Gasteiger partial charge in [0, 0.05) is 11.5 Å². The van der Waals surface area contributed by atoms with Crippen LogP contribution in [0.5, 0.6) is 5.75 Å². The molecule has 2 N–H and O–H groups in total. The molecule has 0 aliphatic heterocycles. The molecule has 1 amide bonds. The van der Waals surface area contributed by atoms with Crippen molar-refractivity contribution in [1.82, 2.24) is 5.32 Å². The van der Waals surface area contributed by atoms with E-state index in [0.717, 1.165) is 49.8 Å². The van der Waals surface area contributed by atoms with Crippen LogP contribution in [0, 0.1) is 34.5 Å². The number of rotatable bonds is 6. The molecule has 37 heavy (non-hydrogen) atoms. The summed E-state index contributed by atoms with van der Waals surface area (Å²) in [5.74, 6) is 1.97. The standard InChI is InChI=1S/C32H43NO4/c1-6-37-23-10-7-21(8-11-23)30(2,3)33-28(34)27-14-13-25-24-12-9-22-19-20(29(35)36)15-17-31(22,4)26(24)16-18-32(25,27)5/h7-11,19,24-27H,6,12-18H2,1-5H3,(H,33,34)(H,35,36)/t24-,25-,26-,27+,31-,32-/m0/s1. The van der Waals surface area contributed by atoms with Crippen LogP contribution >= 0.6 is 0 Å². The molecule has 2 fully saturated rings. The summed E-state index contributed by atoms with van der Waals surface area (Å²) in [6, 6.07) is 8.06. The average molecular weight is 506 g/mol. The van der Waals surface area contributed by atoms with E-state index in [1.165, 1.54) is 5.57 Å². The highest BCUT2D eigenvalue weighted by Gasteiger charge is 2.59. The van der Waals surface area contributed by atoms with Crippen LogP contribution in [0.15, 0.2) is 47.6 Å². The van der Waals surface area contributed by atoms with E-state index in [2.05, 4.69) is 51.2 Å². The highest BCUT2D eigenvalue weighted by Crippen LogP contribution is 2.66. The van der Waals surface area contributed by atoms with Crippen LogP contribution in [0.1, 0.15) is 85.1 Å². The Kier molecular flexibility index (Phi) is 6.57. The zero-order valence-electron chi connectivity index (χ0n) is 23.1. The van der Waals surface area contributed by atoms with Crippen molar-refractivity contribution in [2.75, 3.05) is 6.61 Å². The molecule has 4 aliphatic carbocycles. The molecule has 1 aromatic rings. The van der Waals surface area contributed by atoms with Crippen molar-refractivity contribution < 1.29 is 19.4 Å². The molecule has 1 aromatic carbocycles. The molecule has 0 unspecified atom stereocenters. The number of carboxylic acids is 1. The first kappa shape index (κ1) is 26.1. The number of carbonyl (C=O) groups is 2. The van der Waals surface area contributed by atoms with Gasteiger partial charge in [0.25, 0.3) is 0 Å². The minimum atomic E-state index is -0.779. The monoisotopic (exact) mass is 505 g/mol. The van der Waals surface area contributed by atoms with Crippen LogP contribution < -0.4 is 10.1 Å². The molecule has 0 spiro atoms. The molecule has 5 rings (SSSR count). The smallest absolute Gasteiger partial charge is 0.331 e. The van der Waals surface area contributed by atoms with E-state index in [9.17, 15) is 14.7 Å². The molecule has 2 saturated carbocycles. The van der Waals surface area contributed by atoms with Gasteiger partial charge in [-0.25, -0.2) is 4.79 Å². The van der Waals surface area contributed by atoms with Gasteiger partial charge in [-0.15, -0.1) is 0 Å². The first-order valence-corrected chi connectivity index (χ1v) is 14.2. The van der Waals surface area contributed by atoms with Gasteiger partial charge in [0.2, 0.25) is 5.91 Å². The molecule has 5 heteroatoms. The normalized spacial score (nSPS) is 34.8. The number of allylic oxidation sites excluding steroid dienone is 3. The van der Waals surface area contributed by atoms with Crippen LogP contribution in [-0.2, 0) is 15.1 Å². The first-order chi connectivity index (χ1) is 17.5. The zero-order valence-corrected chi connectivity index (χ0v) is 23.1. The van der Waals surface area contributed by atoms with E-state index in [4.69, 9.17) is 4.74 Å². The Balaban J connectivity index is 1.33. The predicted molar refractivity (Wildman–Crippen MR) is 145 cm³/mol. The Morgan fingerprint density at radius 2 is 1.81 bits per heavy atom. The van der Waals surface area contributed by atoms with Gasteiger partial charge in [0.15, 0.2) is 0 Å². The second kappa shape index (κ2) is 9.32. The lowest BCUT2D eigenvalue weighted by Crippen LogP contribution is -2.52. The molecular weight excluding hydrogens is 462 g/mol. The average Bonchev–Trinajstić information content (AvgIpc) is 3.21. The Labute approximate surface area is 221 Å². The number of fused-ring (bicyclic) bond motifs is 5. The number of hydrogen-bond donors (Lipinski definition) is 2. The van der Waals surface area contributed by atoms with Crippen LogP contribution in [0.3, 0.4) is 0 Å². The Morgan fingerprint density at radius 1 is 1.08 bits per heavy atom. The number of nitrogens with one attached hydrogen (secondary N) is 1. The van der Waals surface area contributed by atoms with E-state index in [-0.39, 0.29) is 22.7 Å². The molecule has 4 aliphatic rings. The minimum absolute atomic E-state index is 0.0125. The van der Waals surface area contributed by atoms with Crippen molar-refractivity contribution in [2.24, 2.45) is 34.5 Å². The highest BCUT2D eigenvalue weighted by molar-refractivity contribution is 5.87. The minimum Gasteiger partial charge on any atom is -0.494 e. The van der Waals surface area contributed by atoms with Gasteiger partial charge >= 0.3 is 5.97 Å². The molecule has 0 aromatic heterocycles. The number of amides is 1. The van der Waals surface area contributed by atoms with Gasteiger partial charge in [-0.2, -0.15) is 0 Å². The third-order valence-electron chi connectivity index (χ3n) is 10.7.